The van der Waals surface area contributed by atoms with Crippen molar-refractivity contribution in [1.82, 2.24) is 29.5 Å². The number of carbonyl (C=O) groups excluding carboxylic acids is 1. The van der Waals surface area contributed by atoms with Crippen LogP contribution in [0.15, 0.2) is 94.0 Å². The summed E-state index contributed by atoms with van der Waals surface area (Å²) in [5.74, 6) is 1.89. The number of carbonyl (C=O) groups is 1. The van der Waals surface area contributed by atoms with E-state index in [0.717, 1.165) is 35.5 Å². The Balaban J connectivity index is 1.09. The number of furan rings is 1. The molecule has 192 valence electrons. The molecule has 5 aromatic rings. The lowest BCUT2D eigenvalue weighted by Gasteiger charge is -2.34. The predicted octanol–water partition coefficient (Wildman–Crippen LogP) is 5.23. The van der Waals surface area contributed by atoms with Crippen LogP contribution in [0, 0.1) is 0 Å². The number of aromatic nitrogens is 4. The molecule has 6 rings (SSSR count). The average Bonchev–Trinajstić information content (AvgIpc) is 3.74. The van der Waals surface area contributed by atoms with Crippen molar-refractivity contribution in [3.8, 4) is 17.3 Å². The van der Waals surface area contributed by atoms with Crippen LogP contribution in [0.5, 0.6) is 0 Å². The molecule has 38 heavy (non-hydrogen) atoms. The molecule has 3 aromatic heterocycles. The number of piperazine rings is 1. The fraction of sp³-hybridized carbons (Fsp3) is 0.214. The fourth-order valence-corrected chi connectivity index (χ4v) is 6.19. The molecule has 1 amide bonds. The third kappa shape index (κ3) is 5.42. The third-order valence-corrected chi connectivity index (χ3v) is 8.37. The lowest BCUT2D eigenvalue weighted by molar-refractivity contribution is 0.0623. The molecule has 2 aromatic carbocycles. The van der Waals surface area contributed by atoms with Gasteiger partial charge in [0.05, 0.1) is 12.0 Å². The van der Waals surface area contributed by atoms with E-state index in [4.69, 9.17) is 4.42 Å². The number of amides is 1. The van der Waals surface area contributed by atoms with Gasteiger partial charge in [0, 0.05) is 43.8 Å². The van der Waals surface area contributed by atoms with Crippen LogP contribution in [0.4, 0.5) is 0 Å². The molecular weight excluding hydrogens is 516 g/mol. The molecule has 8 nitrogen and oxygen atoms in total. The number of nitrogens with zero attached hydrogens (tertiary/aromatic N) is 6. The van der Waals surface area contributed by atoms with E-state index in [2.05, 4.69) is 44.3 Å². The number of para-hydroxylation sites is 1. The minimum atomic E-state index is 0.00409. The van der Waals surface area contributed by atoms with Crippen molar-refractivity contribution in [1.29, 1.82) is 0 Å². The first-order chi connectivity index (χ1) is 18.7. The molecule has 0 bridgehead atoms. The Hall–Kier alpha value is -3.73. The van der Waals surface area contributed by atoms with Gasteiger partial charge in [0.2, 0.25) is 5.82 Å². The quantitative estimate of drug-likeness (QED) is 0.248. The van der Waals surface area contributed by atoms with Gasteiger partial charge in [0.25, 0.3) is 5.91 Å². The highest BCUT2D eigenvalue weighted by molar-refractivity contribution is 7.98. The van der Waals surface area contributed by atoms with E-state index in [1.807, 2.05) is 63.4 Å². The van der Waals surface area contributed by atoms with E-state index in [1.54, 1.807) is 6.26 Å². The largest absolute Gasteiger partial charge is 0.461 e. The second kappa shape index (κ2) is 11.3. The maximum Gasteiger partial charge on any atom is 0.273 e. The summed E-state index contributed by atoms with van der Waals surface area (Å²) in [6, 6.07) is 24.1. The van der Waals surface area contributed by atoms with Crippen LogP contribution >= 0.6 is 23.1 Å². The summed E-state index contributed by atoms with van der Waals surface area (Å²) in [4.78, 5) is 22.1. The van der Waals surface area contributed by atoms with Crippen LogP contribution in [0.2, 0.25) is 0 Å². The number of thioether (sulfide) groups is 1. The summed E-state index contributed by atoms with van der Waals surface area (Å²) in [5, 5.41) is 12.3. The molecule has 0 radical (unpaired) electrons. The van der Waals surface area contributed by atoms with Gasteiger partial charge in [-0.2, -0.15) is 0 Å². The van der Waals surface area contributed by atoms with E-state index in [0.29, 0.717) is 36.1 Å². The maximum absolute atomic E-state index is 13.1. The maximum atomic E-state index is 13.1. The summed E-state index contributed by atoms with van der Waals surface area (Å²) < 4.78 is 7.58. The van der Waals surface area contributed by atoms with Crippen molar-refractivity contribution in [2.45, 2.75) is 17.5 Å². The van der Waals surface area contributed by atoms with Crippen molar-refractivity contribution >= 4 is 29.0 Å². The Morgan fingerprint density at radius 1 is 0.921 bits per heavy atom. The Morgan fingerprint density at radius 3 is 2.42 bits per heavy atom. The van der Waals surface area contributed by atoms with Crippen molar-refractivity contribution < 1.29 is 9.21 Å². The summed E-state index contributed by atoms with van der Waals surface area (Å²) in [6.45, 7) is 4.06. The van der Waals surface area contributed by atoms with Gasteiger partial charge in [-0.25, -0.2) is 4.98 Å². The smallest absolute Gasteiger partial charge is 0.273 e. The Labute approximate surface area is 228 Å². The van der Waals surface area contributed by atoms with Crippen molar-refractivity contribution in [3.63, 3.8) is 0 Å². The van der Waals surface area contributed by atoms with E-state index in [1.165, 1.54) is 28.7 Å². The minimum absolute atomic E-state index is 0.00409. The lowest BCUT2D eigenvalue weighted by atomic mass is 10.2. The van der Waals surface area contributed by atoms with Gasteiger partial charge in [0.1, 0.15) is 10.7 Å². The number of hydrogen-bond donors (Lipinski definition) is 0. The van der Waals surface area contributed by atoms with Gasteiger partial charge in [-0.15, -0.1) is 21.5 Å². The standard InChI is InChI=1S/C28H26N6O2S2/c35-27(33-15-13-32(14-16-33)18-21-8-3-1-4-9-21)23-19-37-25(29-23)20-38-28-31-30-26(24-12-7-17-36-24)34(28)22-10-5-2-6-11-22/h1-12,17,19H,13-16,18,20H2. The molecule has 0 spiro atoms. The molecule has 0 atom stereocenters. The molecule has 1 saturated heterocycles. The summed E-state index contributed by atoms with van der Waals surface area (Å²) in [7, 11) is 0. The molecule has 1 aliphatic heterocycles. The molecule has 4 heterocycles. The van der Waals surface area contributed by atoms with Crippen LogP contribution in [-0.2, 0) is 12.3 Å². The summed E-state index contributed by atoms with van der Waals surface area (Å²) >= 11 is 3.04. The van der Waals surface area contributed by atoms with Crippen LogP contribution in [0.3, 0.4) is 0 Å². The van der Waals surface area contributed by atoms with E-state index >= 15 is 0 Å². The molecule has 10 heteroatoms. The van der Waals surface area contributed by atoms with Crippen molar-refractivity contribution in [3.05, 3.63) is 101 Å². The van der Waals surface area contributed by atoms with Gasteiger partial charge in [0.15, 0.2) is 10.9 Å². The highest BCUT2D eigenvalue weighted by Gasteiger charge is 2.24. The first kappa shape index (κ1) is 24.6. The molecule has 0 N–H and O–H groups in total. The zero-order chi connectivity index (χ0) is 25.7. The molecular formula is C28H26N6O2S2. The second-order valence-electron chi connectivity index (χ2n) is 8.92. The minimum Gasteiger partial charge on any atom is -0.461 e. The first-order valence-corrected chi connectivity index (χ1v) is 14.3. The normalized spacial score (nSPS) is 14.2. The first-order valence-electron chi connectivity index (χ1n) is 12.4. The van der Waals surface area contributed by atoms with Gasteiger partial charge >= 0.3 is 0 Å². The van der Waals surface area contributed by atoms with Gasteiger partial charge < -0.3 is 9.32 Å². The number of rotatable bonds is 8. The summed E-state index contributed by atoms with van der Waals surface area (Å²) in [5.41, 5.74) is 2.77. The molecule has 0 aliphatic carbocycles. The van der Waals surface area contributed by atoms with Crippen molar-refractivity contribution in [2.75, 3.05) is 26.2 Å². The third-order valence-electron chi connectivity index (χ3n) is 6.39. The molecule has 0 unspecified atom stereocenters. The Kier molecular flexibility index (Phi) is 7.34. The van der Waals surface area contributed by atoms with Crippen molar-refractivity contribution in [2.24, 2.45) is 0 Å². The van der Waals surface area contributed by atoms with Crippen LogP contribution in [0.25, 0.3) is 17.3 Å². The summed E-state index contributed by atoms with van der Waals surface area (Å²) in [6.07, 6.45) is 1.63. The SMILES string of the molecule is O=C(c1csc(CSc2nnc(-c3ccco3)n2-c2ccccc2)n1)N1CCN(Cc2ccccc2)CC1. The number of benzene rings is 2. The zero-order valence-corrected chi connectivity index (χ0v) is 22.3. The topological polar surface area (TPSA) is 80.3 Å². The second-order valence-corrected chi connectivity index (χ2v) is 10.8. The van der Waals surface area contributed by atoms with E-state index < -0.39 is 0 Å². The lowest BCUT2D eigenvalue weighted by Crippen LogP contribution is -2.48. The number of hydrogen-bond acceptors (Lipinski definition) is 8. The molecule has 1 fully saturated rings. The number of thiazole rings is 1. The molecule has 0 saturated carbocycles. The van der Waals surface area contributed by atoms with E-state index in [-0.39, 0.29) is 5.91 Å². The van der Waals surface area contributed by atoms with Crippen LogP contribution in [0.1, 0.15) is 21.1 Å². The van der Waals surface area contributed by atoms with Crippen LogP contribution < -0.4 is 0 Å². The zero-order valence-electron chi connectivity index (χ0n) is 20.6. The highest BCUT2D eigenvalue weighted by atomic mass is 32.2. The average molecular weight is 543 g/mol. The predicted molar refractivity (Wildman–Crippen MR) is 148 cm³/mol. The fourth-order valence-electron chi connectivity index (χ4n) is 4.45. The van der Waals surface area contributed by atoms with Gasteiger partial charge in [-0.3, -0.25) is 14.3 Å². The molecule has 1 aliphatic rings. The monoisotopic (exact) mass is 542 g/mol. The van der Waals surface area contributed by atoms with E-state index in [9.17, 15) is 4.79 Å². The van der Waals surface area contributed by atoms with Crippen LogP contribution in [-0.4, -0.2) is 61.6 Å². The highest BCUT2D eigenvalue weighted by Crippen LogP contribution is 2.30. The Bertz CT molecular complexity index is 1480. The Morgan fingerprint density at radius 2 is 1.68 bits per heavy atom. The van der Waals surface area contributed by atoms with Gasteiger partial charge in [-0.05, 0) is 29.8 Å². The van der Waals surface area contributed by atoms with Gasteiger partial charge in [-0.1, -0.05) is 60.3 Å².